The number of hydrogen-bond acceptors (Lipinski definition) is 5. The maximum atomic E-state index is 12.8. The highest BCUT2D eigenvalue weighted by Crippen LogP contribution is 2.26. The largest absolute Gasteiger partial charge is 0.334 e. The van der Waals surface area contributed by atoms with E-state index >= 15 is 0 Å². The molecule has 0 aliphatic rings. The second-order valence-corrected chi connectivity index (χ2v) is 6.94. The molecule has 0 bridgehead atoms. The Morgan fingerprint density at radius 2 is 1.90 bits per heavy atom. The van der Waals surface area contributed by atoms with Crippen molar-refractivity contribution in [2.75, 3.05) is 5.32 Å². The Morgan fingerprint density at radius 3 is 2.66 bits per heavy atom. The van der Waals surface area contributed by atoms with Crippen LogP contribution in [0.2, 0.25) is 0 Å². The Labute approximate surface area is 167 Å². The molecule has 0 radical (unpaired) electrons. The van der Waals surface area contributed by atoms with Crippen LogP contribution in [0.1, 0.15) is 17.0 Å². The maximum Gasteiger partial charge on any atom is 0.258 e. The maximum absolute atomic E-state index is 12.8. The molecule has 0 atom stereocenters. The summed E-state index contributed by atoms with van der Waals surface area (Å²) in [4.78, 5) is 29.8. The lowest BCUT2D eigenvalue weighted by atomic mass is 10.1. The van der Waals surface area contributed by atoms with Crippen LogP contribution in [0, 0.1) is 20.8 Å². The SMILES string of the molecule is Cc1noc(-c2cc(=O)n(CC(=O)Nc3cccc(C)c3C)c3ccccc23)n1. The molecule has 4 rings (SSSR count). The summed E-state index contributed by atoms with van der Waals surface area (Å²) in [5.41, 5.74) is 3.69. The van der Waals surface area contributed by atoms with Gasteiger partial charge in [0.1, 0.15) is 6.54 Å². The molecule has 1 N–H and O–H groups in total. The van der Waals surface area contributed by atoms with Crippen molar-refractivity contribution < 1.29 is 9.32 Å². The molecule has 0 fully saturated rings. The number of rotatable bonds is 4. The summed E-state index contributed by atoms with van der Waals surface area (Å²) in [6.45, 7) is 5.55. The van der Waals surface area contributed by atoms with Crippen molar-refractivity contribution in [1.82, 2.24) is 14.7 Å². The number of amides is 1. The predicted octanol–water partition coefficient (Wildman–Crippen LogP) is 3.62. The Bertz CT molecular complexity index is 1290. The first-order chi connectivity index (χ1) is 13.9. The van der Waals surface area contributed by atoms with Crippen molar-refractivity contribution >= 4 is 22.5 Å². The van der Waals surface area contributed by atoms with E-state index in [1.165, 1.54) is 10.6 Å². The van der Waals surface area contributed by atoms with E-state index in [-0.39, 0.29) is 23.9 Å². The van der Waals surface area contributed by atoms with E-state index in [1.807, 2.05) is 50.2 Å². The van der Waals surface area contributed by atoms with Crippen molar-refractivity contribution in [1.29, 1.82) is 0 Å². The lowest BCUT2D eigenvalue weighted by Crippen LogP contribution is -2.28. The molecule has 0 aliphatic carbocycles. The number of carbonyl (C=O) groups is 1. The van der Waals surface area contributed by atoms with Crippen LogP contribution >= 0.6 is 0 Å². The second-order valence-electron chi connectivity index (χ2n) is 6.94. The van der Waals surface area contributed by atoms with Crippen LogP contribution in [0.4, 0.5) is 5.69 Å². The molecule has 2 heterocycles. The minimum absolute atomic E-state index is 0.101. The van der Waals surface area contributed by atoms with Crippen LogP contribution in [0.5, 0.6) is 0 Å². The molecule has 0 saturated carbocycles. The van der Waals surface area contributed by atoms with Gasteiger partial charge < -0.3 is 9.84 Å². The fourth-order valence-corrected chi connectivity index (χ4v) is 3.30. The Balaban J connectivity index is 1.73. The molecule has 2 aromatic carbocycles. The zero-order valence-corrected chi connectivity index (χ0v) is 16.4. The Hall–Kier alpha value is -3.74. The highest BCUT2D eigenvalue weighted by Gasteiger charge is 2.16. The molecule has 146 valence electrons. The molecule has 4 aromatic rings. The Morgan fingerprint density at radius 1 is 1.10 bits per heavy atom. The van der Waals surface area contributed by atoms with Gasteiger partial charge in [0.2, 0.25) is 5.91 Å². The van der Waals surface area contributed by atoms with Crippen molar-refractivity contribution in [3.63, 3.8) is 0 Å². The number of hydrogen-bond donors (Lipinski definition) is 1. The minimum Gasteiger partial charge on any atom is -0.334 e. The number of fused-ring (bicyclic) bond motifs is 1. The standard InChI is InChI=1S/C22H20N4O3/c1-13-7-6-9-18(14(13)2)24-20(27)12-26-19-10-5-4-8-16(19)17(11-21(26)28)22-23-15(3)25-29-22/h4-11H,12H2,1-3H3,(H,24,27). The fourth-order valence-electron chi connectivity index (χ4n) is 3.30. The van der Waals surface area contributed by atoms with Gasteiger partial charge in [0.15, 0.2) is 5.82 Å². The van der Waals surface area contributed by atoms with E-state index in [0.717, 1.165) is 22.2 Å². The summed E-state index contributed by atoms with van der Waals surface area (Å²) in [6.07, 6.45) is 0. The Kier molecular flexibility index (Phi) is 4.72. The second kappa shape index (κ2) is 7.35. The quantitative estimate of drug-likeness (QED) is 0.577. The van der Waals surface area contributed by atoms with Gasteiger partial charge in [-0.3, -0.25) is 14.2 Å². The van der Waals surface area contributed by atoms with Gasteiger partial charge >= 0.3 is 0 Å². The van der Waals surface area contributed by atoms with Gasteiger partial charge in [-0.1, -0.05) is 35.5 Å². The van der Waals surface area contributed by atoms with Crippen LogP contribution in [-0.2, 0) is 11.3 Å². The molecular weight excluding hydrogens is 368 g/mol. The highest BCUT2D eigenvalue weighted by atomic mass is 16.5. The van der Waals surface area contributed by atoms with Crippen molar-refractivity contribution in [3.8, 4) is 11.5 Å². The first-order valence-corrected chi connectivity index (χ1v) is 9.23. The van der Waals surface area contributed by atoms with Crippen LogP contribution in [-0.4, -0.2) is 20.6 Å². The van der Waals surface area contributed by atoms with Crippen molar-refractivity contribution in [3.05, 3.63) is 75.8 Å². The smallest absolute Gasteiger partial charge is 0.258 e. The average Bonchev–Trinajstić information content (AvgIpc) is 3.13. The first-order valence-electron chi connectivity index (χ1n) is 9.23. The number of aromatic nitrogens is 3. The van der Waals surface area contributed by atoms with Crippen LogP contribution in [0.25, 0.3) is 22.4 Å². The van der Waals surface area contributed by atoms with Gasteiger partial charge in [-0.25, -0.2) is 0 Å². The normalized spacial score (nSPS) is 11.0. The molecule has 0 aliphatic heterocycles. The van der Waals surface area contributed by atoms with Gasteiger partial charge in [0.05, 0.1) is 11.1 Å². The van der Waals surface area contributed by atoms with Gasteiger partial charge in [-0.05, 0) is 44.0 Å². The lowest BCUT2D eigenvalue weighted by molar-refractivity contribution is -0.116. The zero-order chi connectivity index (χ0) is 20.5. The molecule has 0 spiro atoms. The van der Waals surface area contributed by atoms with E-state index in [1.54, 1.807) is 13.0 Å². The summed E-state index contributed by atoms with van der Waals surface area (Å²) in [7, 11) is 0. The summed E-state index contributed by atoms with van der Waals surface area (Å²) in [6, 6.07) is 14.5. The number of benzene rings is 2. The van der Waals surface area contributed by atoms with Crippen molar-refractivity contribution in [2.24, 2.45) is 0 Å². The van der Waals surface area contributed by atoms with Gasteiger partial charge in [-0.15, -0.1) is 0 Å². The number of pyridine rings is 1. The minimum atomic E-state index is -0.314. The number of aryl methyl sites for hydroxylation is 2. The fraction of sp³-hybridized carbons (Fsp3) is 0.182. The molecule has 0 unspecified atom stereocenters. The van der Waals surface area contributed by atoms with Crippen LogP contribution in [0.15, 0.2) is 57.8 Å². The van der Waals surface area contributed by atoms with E-state index in [0.29, 0.717) is 16.9 Å². The molecular formula is C22H20N4O3. The van der Waals surface area contributed by atoms with E-state index in [2.05, 4.69) is 15.5 Å². The van der Waals surface area contributed by atoms with E-state index < -0.39 is 0 Å². The third-order valence-corrected chi connectivity index (χ3v) is 4.96. The molecule has 0 saturated heterocycles. The molecule has 7 nitrogen and oxygen atoms in total. The monoisotopic (exact) mass is 388 g/mol. The van der Waals surface area contributed by atoms with Crippen LogP contribution < -0.4 is 10.9 Å². The summed E-state index contributed by atoms with van der Waals surface area (Å²) in [5.74, 6) is 0.497. The summed E-state index contributed by atoms with van der Waals surface area (Å²) >= 11 is 0. The van der Waals surface area contributed by atoms with Crippen LogP contribution in [0.3, 0.4) is 0 Å². The van der Waals surface area contributed by atoms with Gasteiger partial charge in [0.25, 0.3) is 11.4 Å². The average molecular weight is 388 g/mol. The molecule has 2 aromatic heterocycles. The van der Waals surface area contributed by atoms with E-state index in [4.69, 9.17) is 4.52 Å². The number of carbonyl (C=O) groups excluding carboxylic acids is 1. The van der Waals surface area contributed by atoms with Gasteiger partial charge in [0, 0.05) is 17.1 Å². The third kappa shape index (κ3) is 3.54. The molecule has 29 heavy (non-hydrogen) atoms. The summed E-state index contributed by atoms with van der Waals surface area (Å²) in [5, 5.41) is 7.46. The molecule has 7 heteroatoms. The van der Waals surface area contributed by atoms with E-state index in [9.17, 15) is 9.59 Å². The zero-order valence-electron chi connectivity index (χ0n) is 16.4. The number of para-hydroxylation sites is 1. The molecule has 1 amide bonds. The topological polar surface area (TPSA) is 90.0 Å². The number of nitrogens with one attached hydrogen (secondary N) is 1. The van der Waals surface area contributed by atoms with Crippen molar-refractivity contribution in [2.45, 2.75) is 27.3 Å². The predicted molar refractivity (Wildman–Crippen MR) is 111 cm³/mol. The highest BCUT2D eigenvalue weighted by molar-refractivity contribution is 5.95. The number of anilines is 1. The summed E-state index contributed by atoms with van der Waals surface area (Å²) < 4.78 is 6.70. The van der Waals surface area contributed by atoms with Gasteiger partial charge in [-0.2, -0.15) is 4.98 Å². The first kappa shape index (κ1) is 18.6. The third-order valence-electron chi connectivity index (χ3n) is 4.96. The number of nitrogens with zero attached hydrogens (tertiary/aromatic N) is 3. The lowest BCUT2D eigenvalue weighted by Gasteiger charge is -2.14.